The zero-order valence-electron chi connectivity index (χ0n) is 10.5. The number of rotatable bonds is 5. The predicted octanol–water partition coefficient (Wildman–Crippen LogP) is 2.37. The minimum absolute atomic E-state index is 0.573. The van der Waals surface area contributed by atoms with Crippen molar-refractivity contribution in [1.82, 2.24) is 10.3 Å². The molecule has 3 heteroatoms. The van der Waals surface area contributed by atoms with Crippen LogP contribution in [0.5, 0.6) is 5.88 Å². The summed E-state index contributed by atoms with van der Waals surface area (Å²) in [6, 6.07) is 2.08. The highest BCUT2D eigenvalue weighted by molar-refractivity contribution is 5.35. The molecule has 0 radical (unpaired) electrons. The molecule has 3 nitrogen and oxygen atoms in total. The summed E-state index contributed by atoms with van der Waals surface area (Å²) in [5, 5.41) is 3.14. The van der Waals surface area contributed by atoms with E-state index in [4.69, 9.17) is 4.74 Å². The molecule has 0 aliphatic heterocycles. The average molecular weight is 220 g/mol. The molecule has 1 N–H and O–H groups in total. The van der Waals surface area contributed by atoms with Crippen LogP contribution in [0.1, 0.15) is 23.7 Å². The predicted molar refractivity (Wildman–Crippen MR) is 66.8 cm³/mol. The third-order valence-electron chi connectivity index (χ3n) is 2.34. The Morgan fingerprint density at radius 1 is 1.44 bits per heavy atom. The van der Waals surface area contributed by atoms with Gasteiger partial charge in [-0.15, -0.1) is 0 Å². The molecule has 0 spiro atoms. The Kier molecular flexibility index (Phi) is 4.99. The van der Waals surface area contributed by atoms with E-state index >= 15 is 0 Å². The maximum absolute atomic E-state index is 5.65. The van der Waals surface area contributed by atoms with Crippen LogP contribution in [-0.2, 0) is 6.54 Å². The third-order valence-corrected chi connectivity index (χ3v) is 2.34. The summed E-state index contributed by atoms with van der Waals surface area (Å²) in [6.45, 7) is 7.41. The first-order valence-corrected chi connectivity index (χ1v) is 5.54. The van der Waals surface area contributed by atoms with Crippen molar-refractivity contribution < 1.29 is 4.74 Å². The number of nitrogens with one attached hydrogen (secondary N) is 1. The number of hydrogen-bond acceptors (Lipinski definition) is 3. The highest BCUT2D eigenvalue weighted by atomic mass is 16.5. The van der Waals surface area contributed by atoms with Crippen molar-refractivity contribution in [3.63, 3.8) is 0 Å². The molecule has 0 fully saturated rings. The molecule has 1 aromatic rings. The molecule has 1 rings (SSSR count). The highest BCUT2D eigenvalue weighted by Crippen LogP contribution is 2.20. The van der Waals surface area contributed by atoms with Gasteiger partial charge in [0.15, 0.2) is 0 Å². The van der Waals surface area contributed by atoms with E-state index in [0.29, 0.717) is 6.61 Å². The van der Waals surface area contributed by atoms with Gasteiger partial charge in [0, 0.05) is 17.8 Å². The Hall–Kier alpha value is -1.35. The van der Waals surface area contributed by atoms with Crippen molar-refractivity contribution >= 4 is 0 Å². The van der Waals surface area contributed by atoms with Crippen molar-refractivity contribution in [2.45, 2.75) is 27.3 Å². The van der Waals surface area contributed by atoms with Gasteiger partial charge in [-0.25, -0.2) is 4.98 Å². The molecular formula is C13H20N2O. The van der Waals surface area contributed by atoms with Crippen LogP contribution < -0.4 is 10.1 Å². The van der Waals surface area contributed by atoms with Crippen molar-refractivity contribution in [2.75, 3.05) is 13.7 Å². The number of aryl methyl sites for hydroxylation is 2. The Morgan fingerprint density at radius 2 is 2.19 bits per heavy atom. The maximum Gasteiger partial charge on any atom is 0.218 e. The van der Waals surface area contributed by atoms with Crippen LogP contribution in [0.15, 0.2) is 18.2 Å². The van der Waals surface area contributed by atoms with Gasteiger partial charge < -0.3 is 10.1 Å². The Bertz CT molecular complexity index is 372. The fourth-order valence-corrected chi connectivity index (χ4v) is 1.56. The monoisotopic (exact) mass is 220 g/mol. The fraction of sp³-hybridized carbons (Fsp3) is 0.462. The van der Waals surface area contributed by atoms with Gasteiger partial charge >= 0.3 is 0 Å². The van der Waals surface area contributed by atoms with Crippen LogP contribution in [0.3, 0.4) is 0 Å². The Morgan fingerprint density at radius 3 is 2.81 bits per heavy atom. The molecule has 0 amide bonds. The normalized spacial score (nSPS) is 11.0. The molecule has 1 heterocycles. The van der Waals surface area contributed by atoms with Crippen LogP contribution in [0, 0.1) is 13.8 Å². The average Bonchev–Trinajstić information content (AvgIpc) is 2.23. The lowest BCUT2D eigenvalue weighted by molar-refractivity contribution is 0.342. The molecule has 0 aliphatic carbocycles. The van der Waals surface area contributed by atoms with E-state index in [9.17, 15) is 0 Å². The molecule has 16 heavy (non-hydrogen) atoms. The number of aromatic nitrogens is 1. The standard InChI is InChI=1S/C13H20N2O/c1-5-6-7-16-13-12(9-14-4)10(2)8-11(3)15-13/h5-6,8,14H,7,9H2,1-4H3. The first-order valence-electron chi connectivity index (χ1n) is 5.54. The summed E-state index contributed by atoms with van der Waals surface area (Å²) in [5.74, 6) is 0.741. The van der Waals surface area contributed by atoms with E-state index in [0.717, 1.165) is 23.7 Å². The SMILES string of the molecule is CC=CCOc1nc(C)cc(C)c1CNC. The topological polar surface area (TPSA) is 34.1 Å². The quantitative estimate of drug-likeness (QED) is 0.774. The van der Waals surface area contributed by atoms with Gasteiger partial charge in [-0.05, 0) is 39.4 Å². The molecular weight excluding hydrogens is 200 g/mol. The van der Waals surface area contributed by atoms with Gasteiger partial charge in [0.1, 0.15) is 6.61 Å². The summed E-state index contributed by atoms with van der Waals surface area (Å²) in [5.41, 5.74) is 3.35. The summed E-state index contributed by atoms with van der Waals surface area (Å²) in [6.07, 6.45) is 3.95. The van der Waals surface area contributed by atoms with Gasteiger partial charge in [0.05, 0.1) is 0 Å². The minimum Gasteiger partial charge on any atom is -0.473 e. The highest BCUT2D eigenvalue weighted by Gasteiger charge is 2.08. The minimum atomic E-state index is 0.573. The van der Waals surface area contributed by atoms with Gasteiger partial charge in [-0.3, -0.25) is 0 Å². The molecule has 0 saturated carbocycles. The molecule has 0 saturated heterocycles. The van der Waals surface area contributed by atoms with Crippen molar-refractivity contribution in [3.8, 4) is 5.88 Å². The summed E-state index contributed by atoms with van der Waals surface area (Å²) in [4.78, 5) is 4.43. The molecule has 0 bridgehead atoms. The Labute approximate surface area is 97.5 Å². The van der Waals surface area contributed by atoms with Crippen molar-refractivity contribution in [3.05, 3.63) is 35.0 Å². The van der Waals surface area contributed by atoms with Crippen LogP contribution in [0.2, 0.25) is 0 Å². The fourth-order valence-electron chi connectivity index (χ4n) is 1.56. The van der Waals surface area contributed by atoms with Gasteiger partial charge in [0.2, 0.25) is 5.88 Å². The van der Waals surface area contributed by atoms with E-state index in [1.165, 1.54) is 5.56 Å². The van der Waals surface area contributed by atoms with E-state index in [-0.39, 0.29) is 0 Å². The molecule has 0 aliphatic rings. The lowest BCUT2D eigenvalue weighted by Crippen LogP contribution is -2.11. The second-order valence-electron chi connectivity index (χ2n) is 3.77. The van der Waals surface area contributed by atoms with Crippen LogP contribution in [0.25, 0.3) is 0 Å². The van der Waals surface area contributed by atoms with E-state index < -0.39 is 0 Å². The van der Waals surface area contributed by atoms with Crippen LogP contribution in [0.4, 0.5) is 0 Å². The molecule has 0 unspecified atom stereocenters. The first kappa shape index (κ1) is 12.7. The van der Waals surface area contributed by atoms with Gasteiger partial charge in [-0.1, -0.05) is 12.2 Å². The molecule has 0 atom stereocenters. The maximum atomic E-state index is 5.65. The number of nitrogens with zero attached hydrogens (tertiary/aromatic N) is 1. The summed E-state index contributed by atoms with van der Waals surface area (Å²) >= 11 is 0. The van der Waals surface area contributed by atoms with E-state index in [1.807, 2.05) is 33.0 Å². The van der Waals surface area contributed by atoms with Crippen molar-refractivity contribution in [1.29, 1.82) is 0 Å². The van der Waals surface area contributed by atoms with Gasteiger partial charge in [-0.2, -0.15) is 0 Å². The Balaban J connectivity index is 2.93. The van der Waals surface area contributed by atoms with Crippen LogP contribution in [-0.4, -0.2) is 18.6 Å². The van der Waals surface area contributed by atoms with E-state index in [2.05, 4.69) is 23.3 Å². The molecule has 88 valence electrons. The largest absolute Gasteiger partial charge is 0.473 e. The summed E-state index contributed by atoms with van der Waals surface area (Å²) in [7, 11) is 1.93. The lowest BCUT2D eigenvalue weighted by Gasteiger charge is -2.12. The second kappa shape index (κ2) is 6.28. The number of allylic oxidation sites excluding steroid dienone is 1. The van der Waals surface area contributed by atoms with Gasteiger partial charge in [0.25, 0.3) is 0 Å². The zero-order valence-corrected chi connectivity index (χ0v) is 10.5. The number of hydrogen-bond donors (Lipinski definition) is 1. The number of ether oxygens (including phenoxy) is 1. The molecule has 1 aromatic heterocycles. The lowest BCUT2D eigenvalue weighted by atomic mass is 10.1. The molecule has 0 aromatic carbocycles. The first-order chi connectivity index (χ1) is 7.69. The zero-order chi connectivity index (χ0) is 12.0. The smallest absolute Gasteiger partial charge is 0.218 e. The third kappa shape index (κ3) is 3.35. The van der Waals surface area contributed by atoms with Crippen molar-refractivity contribution in [2.24, 2.45) is 0 Å². The second-order valence-corrected chi connectivity index (χ2v) is 3.77. The van der Waals surface area contributed by atoms with Crippen LogP contribution >= 0.6 is 0 Å². The number of pyridine rings is 1. The summed E-state index contributed by atoms with van der Waals surface area (Å²) < 4.78 is 5.65. The van der Waals surface area contributed by atoms with E-state index in [1.54, 1.807) is 0 Å².